The maximum Gasteiger partial charge on any atom is 0.140 e. The Labute approximate surface area is 181 Å². The van der Waals surface area contributed by atoms with Gasteiger partial charge in [-0.1, -0.05) is 23.7 Å². The summed E-state index contributed by atoms with van der Waals surface area (Å²) >= 11 is 5.94. The Morgan fingerprint density at radius 2 is 1.80 bits per heavy atom. The molecular formula is C26H25ClFNO. The first-order valence-corrected chi connectivity index (χ1v) is 11.2. The third-order valence-electron chi connectivity index (χ3n) is 7.33. The number of carbonyl (C=O) groups is 1. The molecule has 2 aliphatic rings. The molecule has 1 spiro atoms. The van der Waals surface area contributed by atoms with Crippen molar-refractivity contribution < 1.29 is 9.18 Å². The largest absolute Gasteiger partial charge is 0.299 e. The highest BCUT2D eigenvalue weighted by molar-refractivity contribution is 6.30. The summed E-state index contributed by atoms with van der Waals surface area (Å²) in [4.78, 5) is 17.1. The minimum atomic E-state index is -0.203. The highest BCUT2D eigenvalue weighted by Gasteiger charge is 2.47. The zero-order chi connectivity index (χ0) is 20.7. The van der Waals surface area contributed by atoms with Gasteiger partial charge >= 0.3 is 0 Å². The maximum absolute atomic E-state index is 13.8. The van der Waals surface area contributed by atoms with Crippen molar-refractivity contribution in [2.45, 2.75) is 50.9 Å². The Bertz CT molecular complexity index is 1080. The second kappa shape index (κ2) is 7.77. The van der Waals surface area contributed by atoms with E-state index in [1.807, 2.05) is 30.5 Å². The van der Waals surface area contributed by atoms with Crippen LogP contribution in [0.25, 0.3) is 10.9 Å². The van der Waals surface area contributed by atoms with Crippen molar-refractivity contribution in [2.24, 2.45) is 11.3 Å². The molecule has 3 aromatic rings. The monoisotopic (exact) mass is 421 g/mol. The highest BCUT2D eigenvalue weighted by atomic mass is 35.5. The van der Waals surface area contributed by atoms with Crippen LogP contribution in [0.4, 0.5) is 4.39 Å². The predicted octanol–water partition coefficient (Wildman–Crippen LogP) is 6.89. The van der Waals surface area contributed by atoms with E-state index in [2.05, 4.69) is 11.1 Å². The van der Waals surface area contributed by atoms with Gasteiger partial charge in [0.2, 0.25) is 0 Å². The summed E-state index contributed by atoms with van der Waals surface area (Å²) in [5, 5.41) is 1.65. The van der Waals surface area contributed by atoms with Crippen LogP contribution in [0.3, 0.4) is 0 Å². The van der Waals surface area contributed by atoms with Crippen LogP contribution >= 0.6 is 11.6 Å². The van der Waals surface area contributed by atoms with Crippen LogP contribution < -0.4 is 0 Å². The minimum absolute atomic E-state index is 0.182. The molecule has 0 saturated heterocycles. The van der Waals surface area contributed by atoms with Gasteiger partial charge in [0, 0.05) is 28.9 Å². The highest BCUT2D eigenvalue weighted by Crippen LogP contribution is 2.59. The molecule has 0 bridgehead atoms. The summed E-state index contributed by atoms with van der Waals surface area (Å²) in [5.41, 5.74) is 3.51. The van der Waals surface area contributed by atoms with Gasteiger partial charge in [0.15, 0.2) is 0 Å². The van der Waals surface area contributed by atoms with Crippen LogP contribution in [0.5, 0.6) is 0 Å². The van der Waals surface area contributed by atoms with E-state index < -0.39 is 0 Å². The quantitative estimate of drug-likeness (QED) is 0.459. The molecule has 2 saturated carbocycles. The summed E-state index contributed by atoms with van der Waals surface area (Å²) in [6.45, 7) is 0. The molecule has 4 heteroatoms. The first-order chi connectivity index (χ1) is 14.5. The third-order valence-corrected chi connectivity index (χ3v) is 7.58. The second-order valence-electron chi connectivity index (χ2n) is 9.21. The molecule has 0 atom stereocenters. The lowest BCUT2D eigenvalue weighted by Gasteiger charge is -2.52. The number of rotatable bonds is 4. The molecule has 2 fully saturated rings. The van der Waals surface area contributed by atoms with E-state index in [9.17, 15) is 9.18 Å². The Morgan fingerprint density at radius 1 is 1.07 bits per heavy atom. The lowest BCUT2D eigenvalue weighted by Crippen LogP contribution is -2.40. The number of hydrogen-bond donors (Lipinski definition) is 0. The second-order valence-corrected chi connectivity index (χ2v) is 9.65. The molecule has 0 aliphatic heterocycles. The number of Topliss-reactive ketones (excluding diaryl/α,β-unsaturated/α-hetero) is 1. The van der Waals surface area contributed by atoms with Crippen molar-refractivity contribution in [3.63, 3.8) is 0 Å². The molecule has 0 unspecified atom stereocenters. The molecule has 0 amide bonds. The molecule has 2 aromatic carbocycles. The Balaban J connectivity index is 1.21. The van der Waals surface area contributed by atoms with Gasteiger partial charge in [0.25, 0.3) is 0 Å². The number of fused-ring (bicyclic) bond motifs is 1. The van der Waals surface area contributed by atoms with Gasteiger partial charge in [0.1, 0.15) is 11.6 Å². The van der Waals surface area contributed by atoms with E-state index >= 15 is 0 Å². The lowest BCUT2D eigenvalue weighted by molar-refractivity contribution is -0.124. The summed E-state index contributed by atoms with van der Waals surface area (Å²) in [5.74, 6) is 0.809. The lowest BCUT2D eigenvalue weighted by atomic mass is 9.53. The molecular weight excluding hydrogens is 397 g/mol. The molecule has 1 heterocycles. The van der Waals surface area contributed by atoms with Crippen molar-refractivity contribution >= 4 is 28.3 Å². The van der Waals surface area contributed by atoms with Crippen LogP contribution in [0.1, 0.15) is 55.6 Å². The van der Waals surface area contributed by atoms with Crippen LogP contribution in [-0.4, -0.2) is 10.8 Å². The standard InChI is InChI=1S/C26H25ClFNO/c27-20-3-1-17(2-4-20)13-25(30)18-7-10-26(11-8-18)15-19(16-26)22-9-12-29-24-6-5-21(28)14-23(22)24/h1-6,9,12,14,18-19H,7-8,10-11,13,15-16H2. The van der Waals surface area contributed by atoms with Gasteiger partial charge in [-0.3, -0.25) is 9.78 Å². The van der Waals surface area contributed by atoms with Crippen LogP contribution in [0.15, 0.2) is 54.7 Å². The smallest absolute Gasteiger partial charge is 0.140 e. The zero-order valence-electron chi connectivity index (χ0n) is 16.9. The van der Waals surface area contributed by atoms with Gasteiger partial charge in [0.05, 0.1) is 5.52 Å². The molecule has 0 radical (unpaired) electrons. The summed E-state index contributed by atoms with van der Waals surface area (Å²) < 4.78 is 13.8. The number of halogens is 2. The van der Waals surface area contributed by atoms with E-state index in [0.29, 0.717) is 28.6 Å². The average Bonchev–Trinajstić information content (AvgIpc) is 2.73. The number of benzene rings is 2. The van der Waals surface area contributed by atoms with Crippen molar-refractivity contribution in [1.29, 1.82) is 0 Å². The molecule has 30 heavy (non-hydrogen) atoms. The fourth-order valence-corrected chi connectivity index (χ4v) is 5.74. The Morgan fingerprint density at radius 3 is 2.53 bits per heavy atom. The number of carbonyl (C=O) groups excluding carboxylic acids is 1. The maximum atomic E-state index is 13.8. The first kappa shape index (κ1) is 19.7. The fourth-order valence-electron chi connectivity index (χ4n) is 5.61. The van der Waals surface area contributed by atoms with Gasteiger partial charge in [-0.25, -0.2) is 4.39 Å². The van der Waals surface area contributed by atoms with Crippen molar-refractivity contribution in [3.8, 4) is 0 Å². The third kappa shape index (κ3) is 3.76. The molecule has 2 aliphatic carbocycles. The van der Waals surface area contributed by atoms with E-state index in [4.69, 9.17) is 11.6 Å². The van der Waals surface area contributed by atoms with Gasteiger partial charge in [-0.2, -0.15) is 0 Å². The van der Waals surface area contributed by atoms with E-state index in [-0.39, 0.29) is 11.7 Å². The van der Waals surface area contributed by atoms with E-state index in [1.54, 1.807) is 12.1 Å². The predicted molar refractivity (Wildman–Crippen MR) is 118 cm³/mol. The molecule has 0 N–H and O–H groups in total. The topological polar surface area (TPSA) is 30.0 Å². The summed E-state index contributed by atoms with van der Waals surface area (Å²) in [6.07, 6.45) is 8.85. The van der Waals surface area contributed by atoms with Crippen LogP contribution in [0.2, 0.25) is 5.02 Å². The molecule has 2 nitrogen and oxygen atoms in total. The van der Waals surface area contributed by atoms with Gasteiger partial charge < -0.3 is 0 Å². The fraction of sp³-hybridized carbons (Fsp3) is 0.385. The number of ketones is 1. The average molecular weight is 422 g/mol. The molecule has 154 valence electrons. The van der Waals surface area contributed by atoms with Crippen LogP contribution in [0, 0.1) is 17.2 Å². The van der Waals surface area contributed by atoms with Crippen molar-refractivity contribution in [1.82, 2.24) is 4.98 Å². The Kier molecular flexibility index (Phi) is 5.10. The SMILES string of the molecule is O=C(Cc1ccc(Cl)cc1)C1CCC2(CC1)CC(c1ccnc3ccc(F)cc13)C2. The number of pyridine rings is 1. The van der Waals surface area contributed by atoms with E-state index in [0.717, 1.165) is 55.0 Å². The van der Waals surface area contributed by atoms with Gasteiger partial charge in [-0.15, -0.1) is 0 Å². The van der Waals surface area contributed by atoms with E-state index in [1.165, 1.54) is 11.6 Å². The Hall–Kier alpha value is -2.26. The number of aromatic nitrogens is 1. The summed E-state index contributed by atoms with van der Waals surface area (Å²) in [6, 6.07) is 14.5. The first-order valence-electron chi connectivity index (χ1n) is 10.8. The number of hydrogen-bond acceptors (Lipinski definition) is 2. The van der Waals surface area contributed by atoms with Crippen molar-refractivity contribution in [3.05, 3.63) is 76.7 Å². The molecule has 5 rings (SSSR count). The van der Waals surface area contributed by atoms with Crippen LogP contribution in [-0.2, 0) is 11.2 Å². The normalized spacial score (nSPS) is 25.9. The number of nitrogens with zero attached hydrogens (tertiary/aromatic N) is 1. The summed E-state index contributed by atoms with van der Waals surface area (Å²) in [7, 11) is 0. The van der Waals surface area contributed by atoms with Gasteiger partial charge in [-0.05, 0) is 97.4 Å². The molecule has 1 aromatic heterocycles. The minimum Gasteiger partial charge on any atom is -0.299 e. The van der Waals surface area contributed by atoms with Crippen molar-refractivity contribution in [2.75, 3.05) is 0 Å². The zero-order valence-corrected chi connectivity index (χ0v) is 17.7.